The SMILES string of the molecule is CN1CC[C@@]23C=C[C@H](O)C[C@@H]2Oc2cccc(c23)C1. The Hall–Kier alpha value is -1.32. The van der Waals surface area contributed by atoms with Gasteiger partial charge in [0.2, 0.25) is 0 Å². The van der Waals surface area contributed by atoms with Crippen LogP contribution in [0.5, 0.6) is 5.75 Å². The van der Waals surface area contributed by atoms with Crippen LogP contribution in [0, 0.1) is 0 Å². The van der Waals surface area contributed by atoms with Gasteiger partial charge in [-0.1, -0.05) is 24.3 Å². The zero-order valence-electron chi connectivity index (χ0n) is 11.2. The molecule has 0 saturated heterocycles. The quantitative estimate of drug-likeness (QED) is 0.720. The lowest BCUT2D eigenvalue weighted by Gasteiger charge is -2.35. The highest BCUT2D eigenvalue weighted by molar-refractivity contribution is 5.54. The fourth-order valence-electron chi connectivity index (χ4n) is 3.90. The molecule has 1 aromatic rings. The van der Waals surface area contributed by atoms with Crippen molar-refractivity contribution < 1.29 is 9.84 Å². The van der Waals surface area contributed by atoms with Crippen LogP contribution in [0.4, 0.5) is 0 Å². The largest absolute Gasteiger partial charge is 0.489 e. The minimum atomic E-state index is -0.366. The average molecular weight is 257 g/mol. The minimum absolute atomic E-state index is 0.0179. The number of hydrogen-bond donors (Lipinski definition) is 1. The standard InChI is InChI=1S/C16H19NO2/c1-17-8-7-16-6-5-12(18)9-14(16)19-13-4-2-3-11(10-17)15(13)16/h2-6,12,14,18H,7-10H2,1H3/t12-,14-,16-/m0/s1. The highest BCUT2D eigenvalue weighted by Crippen LogP contribution is 2.52. The van der Waals surface area contributed by atoms with E-state index in [0.29, 0.717) is 6.42 Å². The molecule has 0 saturated carbocycles. The maximum absolute atomic E-state index is 9.88. The fourth-order valence-corrected chi connectivity index (χ4v) is 3.90. The van der Waals surface area contributed by atoms with Gasteiger partial charge in [0.15, 0.2) is 0 Å². The number of hydrogen-bond acceptors (Lipinski definition) is 3. The topological polar surface area (TPSA) is 32.7 Å². The summed E-state index contributed by atoms with van der Waals surface area (Å²) in [6.45, 7) is 2.05. The van der Waals surface area contributed by atoms with E-state index in [1.807, 2.05) is 6.08 Å². The van der Waals surface area contributed by atoms with Crippen LogP contribution in [0.3, 0.4) is 0 Å². The van der Waals surface area contributed by atoms with Gasteiger partial charge in [0.05, 0.1) is 11.5 Å². The maximum Gasteiger partial charge on any atom is 0.124 e. The second-order valence-corrected chi connectivity index (χ2v) is 6.09. The van der Waals surface area contributed by atoms with Crippen LogP contribution < -0.4 is 4.74 Å². The molecule has 0 amide bonds. The van der Waals surface area contributed by atoms with Crippen molar-refractivity contribution in [2.45, 2.75) is 37.0 Å². The highest BCUT2D eigenvalue weighted by atomic mass is 16.5. The van der Waals surface area contributed by atoms with Crippen LogP contribution in [-0.2, 0) is 12.0 Å². The Balaban J connectivity index is 1.93. The maximum atomic E-state index is 9.88. The highest BCUT2D eigenvalue weighted by Gasteiger charge is 2.51. The number of ether oxygens (including phenoxy) is 1. The third kappa shape index (κ3) is 1.52. The number of benzene rings is 1. The van der Waals surface area contributed by atoms with Crippen molar-refractivity contribution in [3.8, 4) is 5.75 Å². The monoisotopic (exact) mass is 257 g/mol. The van der Waals surface area contributed by atoms with E-state index in [1.54, 1.807) is 0 Å². The summed E-state index contributed by atoms with van der Waals surface area (Å²) < 4.78 is 6.16. The lowest BCUT2D eigenvalue weighted by molar-refractivity contribution is 0.0836. The second-order valence-electron chi connectivity index (χ2n) is 6.09. The molecule has 100 valence electrons. The molecule has 3 aliphatic rings. The summed E-state index contributed by atoms with van der Waals surface area (Å²) in [6.07, 6.45) is 5.66. The predicted molar refractivity (Wildman–Crippen MR) is 73.3 cm³/mol. The molecule has 19 heavy (non-hydrogen) atoms. The molecule has 2 heterocycles. The molecule has 3 nitrogen and oxygen atoms in total. The molecule has 1 aromatic carbocycles. The Labute approximate surface area is 113 Å². The Morgan fingerprint density at radius 1 is 1.42 bits per heavy atom. The van der Waals surface area contributed by atoms with Gasteiger partial charge in [-0.25, -0.2) is 0 Å². The third-order valence-corrected chi connectivity index (χ3v) is 4.84. The molecule has 3 heteroatoms. The Bertz CT molecular complexity index is 554. The van der Waals surface area contributed by atoms with Gasteiger partial charge in [-0.05, 0) is 31.6 Å². The summed E-state index contributed by atoms with van der Waals surface area (Å²) in [5.41, 5.74) is 2.73. The first-order chi connectivity index (χ1) is 9.19. The first-order valence-electron chi connectivity index (χ1n) is 7.04. The minimum Gasteiger partial charge on any atom is -0.489 e. The van der Waals surface area contributed by atoms with Crippen LogP contribution >= 0.6 is 0 Å². The summed E-state index contributed by atoms with van der Waals surface area (Å²) in [5.74, 6) is 1.02. The number of rotatable bonds is 0. The van der Waals surface area contributed by atoms with Crippen LogP contribution in [0.2, 0.25) is 0 Å². The van der Waals surface area contributed by atoms with Crippen molar-refractivity contribution in [1.82, 2.24) is 4.90 Å². The van der Waals surface area contributed by atoms with Crippen molar-refractivity contribution in [2.75, 3.05) is 13.6 Å². The molecule has 3 atom stereocenters. The summed E-state index contributed by atoms with van der Waals surface area (Å²) in [6, 6.07) is 6.37. The van der Waals surface area contributed by atoms with Gasteiger partial charge in [0, 0.05) is 18.5 Å². The van der Waals surface area contributed by atoms with Crippen molar-refractivity contribution in [3.63, 3.8) is 0 Å². The summed E-state index contributed by atoms with van der Waals surface area (Å²) in [4.78, 5) is 2.37. The van der Waals surface area contributed by atoms with Crippen LogP contribution in [-0.4, -0.2) is 35.8 Å². The zero-order chi connectivity index (χ0) is 13.0. The van der Waals surface area contributed by atoms with Gasteiger partial charge in [0.1, 0.15) is 11.9 Å². The van der Waals surface area contributed by atoms with E-state index >= 15 is 0 Å². The summed E-state index contributed by atoms with van der Waals surface area (Å²) in [7, 11) is 2.17. The van der Waals surface area contributed by atoms with E-state index in [-0.39, 0.29) is 17.6 Å². The molecule has 0 aromatic heterocycles. The van der Waals surface area contributed by atoms with Gasteiger partial charge in [-0.15, -0.1) is 0 Å². The number of aliphatic hydroxyl groups is 1. The van der Waals surface area contributed by atoms with E-state index in [9.17, 15) is 5.11 Å². The Kier molecular flexibility index (Phi) is 2.32. The van der Waals surface area contributed by atoms with Crippen molar-refractivity contribution in [3.05, 3.63) is 41.5 Å². The first-order valence-corrected chi connectivity index (χ1v) is 7.04. The van der Waals surface area contributed by atoms with E-state index in [0.717, 1.165) is 25.3 Å². The van der Waals surface area contributed by atoms with Crippen LogP contribution in [0.25, 0.3) is 0 Å². The summed E-state index contributed by atoms with van der Waals surface area (Å²) in [5, 5.41) is 9.88. The van der Waals surface area contributed by atoms with Gasteiger partial charge in [-0.2, -0.15) is 0 Å². The molecule has 2 aliphatic heterocycles. The molecule has 1 N–H and O–H groups in total. The van der Waals surface area contributed by atoms with E-state index in [4.69, 9.17) is 4.74 Å². The van der Waals surface area contributed by atoms with Gasteiger partial charge in [-0.3, -0.25) is 0 Å². The summed E-state index contributed by atoms with van der Waals surface area (Å²) >= 11 is 0. The average Bonchev–Trinajstić information content (AvgIpc) is 2.63. The van der Waals surface area contributed by atoms with Crippen molar-refractivity contribution in [2.24, 2.45) is 0 Å². The predicted octanol–water partition coefficient (Wildman–Crippen LogP) is 1.84. The lowest BCUT2D eigenvalue weighted by atomic mass is 9.69. The zero-order valence-corrected chi connectivity index (χ0v) is 11.2. The fraction of sp³-hybridized carbons (Fsp3) is 0.500. The van der Waals surface area contributed by atoms with Crippen molar-refractivity contribution >= 4 is 0 Å². The Morgan fingerprint density at radius 2 is 2.32 bits per heavy atom. The first kappa shape index (κ1) is 11.5. The normalized spacial score (nSPS) is 36.3. The third-order valence-electron chi connectivity index (χ3n) is 4.84. The molecular formula is C16H19NO2. The van der Waals surface area contributed by atoms with Crippen LogP contribution in [0.15, 0.2) is 30.4 Å². The van der Waals surface area contributed by atoms with E-state index in [1.165, 1.54) is 11.1 Å². The molecule has 0 radical (unpaired) electrons. The Morgan fingerprint density at radius 3 is 3.21 bits per heavy atom. The van der Waals surface area contributed by atoms with Gasteiger partial charge < -0.3 is 14.7 Å². The van der Waals surface area contributed by atoms with Gasteiger partial charge >= 0.3 is 0 Å². The molecule has 0 fully saturated rings. The molecule has 0 unspecified atom stereocenters. The molecule has 1 aliphatic carbocycles. The van der Waals surface area contributed by atoms with E-state index in [2.05, 4.69) is 36.2 Å². The van der Waals surface area contributed by atoms with Gasteiger partial charge in [0.25, 0.3) is 0 Å². The van der Waals surface area contributed by atoms with Crippen LogP contribution in [0.1, 0.15) is 24.0 Å². The smallest absolute Gasteiger partial charge is 0.124 e. The number of nitrogens with zero attached hydrogens (tertiary/aromatic N) is 1. The molecule has 4 rings (SSSR count). The van der Waals surface area contributed by atoms with E-state index < -0.39 is 0 Å². The van der Waals surface area contributed by atoms with Crippen molar-refractivity contribution in [1.29, 1.82) is 0 Å². The second kappa shape index (κ2) is 3.84. The number of aliphatic hydroxyl groups excluding tert-OH is 1. The molecular weight excluding hydrogens is 238 g/mol. The lowest BCUT2D eigenvalue weighted by Crippen LogP contribution is -2.42. The molecule has 1 spiro atoms. The molecule has 0 bridgehead atoms.